The highest BCUT2D eigenvalue weighted by atomic mass is 16.5. The minimum Gasteiger partial charge on any atom is -0.493 e. The molecule has 0 aliphatic carbocycles. The van der Waals surface area contributed by atoms with Crippen LogP contribution in [0.2, 0.25) is 0 Å². The van der Waals surface area contributed by atoms with E-state index in [-0.39, 0.29) is 0 Å². The summed E-state index contributed by atoms with van der Waals surface area (Å²) in [7, 11) is 0. The molecule has 0 saturated carbocycles. The maximum Gasteiger partial charge on any atom is 0.124 e. The van der Waals surface area contributed by atoms with Gasteiger partial charge in [0.2, 0.25) is 0 Å². The van der Waals surface area contributed by atoms with Gasteiger partial charge in [-0.15, -0.1) is 0 Å². The van der Waals surface area contributed by atoms with E-state index in [1.165, 1.54) is 11.1 Å². The predicted octanol–water partition coefficient (Wildman–Crippen LogP) is 0.876. The first-order chi connectivity index (χ1) is 10.7. The number of aliphatic hydroxyl groups is 1. The maximum absolute atomic E-state index is 10.7. The Balaban J connectivity index is 1.37. The second-order valence-electron chi connectivity index (χ2n) is 6.20. The van der Waals surface area contributed by atoms with Crippen LogP contribution in [0.15, 0.2) is 24.4 Å². The molecule has 1 saturated heterocycles. The van der Waals surface area contributed by atoms with Crippen molar-refractivity contribution in [1.82, 2.24) is 20.3 Å². The van der Waals surface area contributed by atoms with Crippen LogP contribution in [-0.4, -0.2) is 51.7 Å². The zero-order valence-corrected chi connectivity index (χ0v) is 12.5. The number of nitrogens with one attached hydrogen (secondary N) is 1. The van der Waals surface area contributed by atoms with Gasteiger partial charge in [-0.2, -0.15) is 15.4 Å². The normalized spacial score (nSPS) is 24.4. The van der Waals surface area contributed by atoms with E-state index in [4.69, 9.17) is 4.74 Å². The zero-order chi connectivity index (χ0) is 15.0. The predicted molar refractivity (Wildman–Crippen MR) is 80.7 cm³/mol. The molecule has 1 atom stereocenters. The number of ether oxygens (including phenoxy) is 1. The number of aromatic amines is 1. The Morgan fingerprint density at radius 1 is 1.41 bits per heavy atom. The quantitative estimate of drug-likeness (QED) is 0.876. The zero-order valence-electron chi connectivity index (χ0n) is 12.5. The Bertz CT molecular complexity index is 658. The summed E-state index contributed by atoms with van der Waals surface area (Å²) >= 11 is 0. The van der Waals surface area contributed by atoms with E-state index in [1.54, 1.807) is 6.20 Å². The van der Waals surface area contributed by atoms with Crippen LogP contribution in [0.25, 0.3) is 0 Å². The number of likely N-dealkylation sites (tertiary alicyclic amines) is 1. The van der Waals surface area contributed by atoms with Crippen molar-refractivity contribution in [2.24, 2.45) is 0 Å². The van der Waals surface area contributed by atoms with Gasteiger partial charge >= 0.3 is 0 Å². The van der Waals surface area contributed by atoms with E-state index in [0.717, 1.165) is 38.3 Å². The van der Waals surface area contributed by atoms with Crippen molar-refractivity contribution in [1.29, 1.82) is 0 Å². The maximum atomic E-state index is 10.7. The lowest BCUT2D eigenvalue weighted by Crippen LogP contribution is -2.32. The van der Waals surface area contributed by atoms with Crippen LogP contribution in [0.4, 0.5) is 0 Å². The average molecular weight is 300 g/mol. The van der Waals surface area contributed by atoms with Crippen molar-refractivity contribution in [3.8, 4) is 5.75 Å². The van der Waals surface area contributed by atoms with E-state index in [0.29, 0.717) is 18.7 Å². The fraction of sp³-hybridized carbons (Fsp3) is 0.500. The molecule has 6 nitrogen and oxygen atoms in total. The molecule has 1 aromatic carbocycles. The lowest BCUT2D eigenvalue weighted by Gasteiger charge is -2.21. The number of benzene rings is 1. The number of fused-ring (bicyclic) bond motifs is 1. The fourth-order valence-electron chi connectivity index (χ4n) is 3.38. The molecule has 0 radical (unpaired) electrons. The van der Waals surface area contributed by atoms with Gasteiger partial charge in [0.05, 0.1) is 12.8 Å². The Labute approximate surface area is 129 Å². The summed E-state index contributed by atoms with van der Waals surface area (Å²) in [6.07, 6.45) is 4.32. The minimum absolute atomic E-state index is 0.619. The highest BCUT2D eigenvalue weighted by Crippen LogP contribution is 2.30. The number of H-pyrrole nitrogens is 1. The summed E-state index contributed by atoms with van der Waals surface area (Å²) in [6.45, 7) is 3.25. The standard InChI is InChI=1S/C16H20N4O2/c21-16(15-10-17-19-18-15)5-7-20(11-16)6-3-12-1-2-14-13(9-12)4-8-22-14/h1-2,9-10,21H,3-8,11H2,(H,17,18,19)/t16-/m1/s1. The van der Waals surface area contributed by atoms with Gasteiger partial charge in [0.15, 0.2) is 0 Å². The molecule has 1 fully saturated rings. The monoisotopic (exact) mass is 300 g/mol. The fourth-order valence-corrected chi connectivity index (χ4v) is 3.38. The van der Waals surface area contributed by atoms with Gasteiger partial charge in [0.1, 0.15) is 17.0 Å². The molecule has 2 aliphatic rings. The number of nitrogens with zero attached hydrogens (tertiary/aromatic N) is 3. The molecule has 6 heteroatoms. The number of hydrogen-bond donors (Lipinski definition) is 2. The first-order valence-corrected chi connectivity index (χ1v) is 7.79. The first kappa shape index (κ1) is 13.7. The van der Waals surface area contributed by atoms with Crippen LogP contribution in [0.1, 0.15) is 23.2 Å². The summed E-state index contributed by atoms with van der Waals surface area (Å²) < 4.78 is 5.54. The SMILES string of the molecule is O[C@]1(c2cn[nH]n2)CCN(CCc2ccc3c(c2)CCO3)C1. The van der Waals surface area contributed by atoms with Crippen LogP contribution in [0, 0.1) is 0 Å². The number of rotatable bonds is 4. The van der Waals surface area contributed by atoms with Crippen LogP contribution >= 0.6 is 0 Å². The van der Waals surface area contributed by atoms with Crippen molar-refractivity contribution in [3.05, 3.63) is 41.2 Å². The third-order valence-electron chi connectivity index (χ3n) is 4.69. The third-order valence-corrected chi connectivity index (χ3v) is 4.69. The smallest absolute Gasteiger partial charge is 0.124 e. The van der Waals surface area contributed by atoms with Crippen molar-refractivity contribution in [3.63, 3.8) is 0 Å². The van der Waals surface area contributed by atoms with Gasteiger partial charge in [0.25, 0.3) is 0 Å². The number of aromatic nitrogens is 3. The minimum atomic E-state index is -0.862. The third kappa shape index (κ3) is 2.48. The average Bonchev–Trinajstić information content (AvgIpc) is 3.25. The van der Waals surface area contributed by atoms with Crippen LogP contribution < -0.4 is 4.74 Å². The summed E-state index contributed by atoms with van der Waals surface area (Å²) in [5.41, 5.74) is 2.43. The van der Waals surface area contributed by atoms with Crippen LogP contribution in [0.3, 0.4) is 0 Å². The molecule has 2 N–H and O–H groups in total. The number of β-amino-alcohol motifs (C(OH)–C–C–N with tert-alkyl or cyclic N) is 1. The highest BCUT2D eigenvalue weighted by molar-refractivity contribution is 5.39. The van der Waals surface area contributed by atoms with Gasteiger partial charge < -0.3 is 9.84 Å². The van der Waals surface area contributed by atoms with Crippen molar-refractivity contribution in [2.75, 3.05) is 26.2 Å². The summed E-state index contributed by atoms with van der Waals surface area (Å²) in [5, 5.41) is 21.1. The second kappa shape index (κ2) is 5.37. The van der Waals surface area contributed by atoms with Gasteiger partial charge in [-0.05, 0) is 30.0 Å². The lowest BCUT2D eigenvalue weighted by atomic mass is 10.00. The largest absolute Gasteiger partial charge is 0.493 e. The molecule has 22 heavy (non-hydrogen) atoms. The molecule has 3 heterocycles. The van der Waals surface area contributed by atoms with Gasteiger partial charge in [-0.3, -0.25) is 4.90 Å². The van der Waals surface area contributed by atoms with Crippen molar-refractivity contribution in [2.45, 2.75) is 24.9 Å². The Morgan fingerprint density at radius 3 is 3.23 bits per heavy atom. The lowest BCUT2D eigenvalue weighted by molar-refractivity contribution is 0.0418. The molecule has 4 rings (SSSR count). The van der Waals surface area contributed by atoms with E-state index in [1.807, 2.05) is 0 Å². The van der Waals surface area contributed by atoms with Crippen molar-refractivity contribution < 1.29 is 9.84 Å². The molecular weight excluding hydrogens is 280 g/mol. The molecule has 0 spiro atoms. The van der Waals surface area contributed by atoms with E-state index in [9.17, 15) is 5.11 Å². The highest BCUT2D eigenvalue weighted by Gasteiger charge is 2.39. The Morgan fingerprint density at radius 2 is 2.36 bits per heavy atom. The Hall–Kier alpha value is -1.92. The summed E-state index contributed by atoms with van der Waals surface area (Å²) in [4.78, 5) is 2.29. The molecule has 0 amide bonds. The topological polar surface area (TPSA) is 74.3 Å². The molecule has 0 unspecified atom stereocenters. The summed E-state index contributed by atoms with van der Waals surface area (Å²) in [5.74, 6) is 1.03. The molecular formula is C16H20N4O2. The van der Waals surface area contributed by atoms with Crippen molar-refractivity contribution >= 4 is 0 Å². The molecule has 0 bridgehead atoms. The van der Waals surface area contributed by atoms with Crippen LogP contribution in [-0.2, 0) is 18.4 Å². The van der Waals surface area contributed by atoms with E-state index < -0.39 is 5.60 Å². The molecule has 2 aromatic rings. The first-order valence-electron chi connectivity index (χ1n) is 7.79. The molecule has 1 aromatic heterocycles. The van der Waals surface area contributed by atoms with Gasteiger partial charge in [0, 0.05) is 26.1 Å². The van der Waals surface area contributed by atoms with Crippen LogP contribution in [0.5, 0.6) is 5.75 Å². The Kier molecular flexibility index (Phi) is 3.35. The van der Waals surface area contributed by atoms with Gasteiger partial charge in [-0.1, -0.05) is 12.1 Å². The number of hydrogen-bond acceptors (Lipinski definition) is 5. The van der Waals surface area contributed by atoms with E-state index >= 15 is 0 Å². The second-order valence-corrected chi connectivity index (χ2v) is 6.20. The molecule has 2 aliphatic heterocycles. The molecule has 116 valence electrons. The summed E-state index contributed by atoms with van der Waals surface area (Å²) in [6, 6.07) is 6.47. The van der Waals surface area contributed by atoms with Gasteiger partial charge in [-0.25, -0.2) is 0 Å². The van der Waals surface area contributed by atoms with E-state index in [2.05, 4.69) is 38.5 Å².